The molecule has 0 fully saturated rings. The molecule has 4 nitrogen and oxygen atoms in total. The predicted octanol–water partition coefficient (Wildman–Crippen LogP) is 1.76. The number of rotatable bonds is 4. The third kappa shape index (κ3) is 2.57. The summed E-state index contributed by atoms with van der Waals surface area (Å²) in [7, 11) is 4.04. The van der Waals surface area contributed by atoms with Crippen molar-refractivity contribution in [3.8, 4) is 11.8 Å². The SMILES string of the molecule is CNCCCC1COc2ccc(C#N)cc2N1C. The van der Waals surface area contributed by atoms with Crippen LogP contribution in [0.25, 0.3) is 0 Å². The lowest BCUT2D eigenvalue weighted by Crippen LogP contribution is -2.40. The van der Waals surface area contributed by atoms with Gasteiger partial charge in [-0.15, -0.1) is 0 Å². The second-order valence-electron chi connectivity index (χ2n) is 4.62. The lowest BCUT2D eigenvalue weighted by Gasteiger charge is -2.36. The van der Waals surface area contributed by atoms with E-state index in [9.17, 15) is 0 Å². The molecule has 4 heteroatoms. The van der Waals surface area contributed by atoms with Gasteiger partial charge in [0.1, 0.15) is 12.4 Å². The minimum absolute atomic E-state index is 0.389. The third-order valence-electron chi connectivity index (χ3n) is 3.41. The molecule has 1 unspecified atom stereocenters. The molecule has 2 rings (SSSR count). The van der Waals surface area contributed by atoms with E-state index >= 15 is 0 Å². The van der Waals surface area contributed by atoms with Crippen LogP contribution >= 0.6 is 0 Å². The molecule has 0 aliphatic carbocycles. The molecule has 1 aromatic carbocycles. The molecular weight excluding hydrogens is 226 g/mol. The average Bonchev–Trinajstić information content (AvgIpc) is 2.41. The summed E-state index contributed by atoms with van der Waals surface area (Å²) in [6, 6.07) is 8.15. The summed E-state index contributed by atoms with van der Waals surface area (Å²) in [5.74, 6) is 0.876. The Morgan fingerprint density at radius 3 is 3.11 bits per heavy atom. The van der Waals surface area contributed by atoms with Crippen LogP contribution in [0.3, 0.4) is 0 Å². The topological polar surface area (TPSA) is 48.3 Å². The first kappa shape index (κ1) is 12.7. The molecular formula is C14H19N3O. The van der Waals surface area contributed by atoms with Crippen molar-refractivity contribution in [2.75, 3.05) is 32.1 Å². The summed E-state index contributed by atoms with van der Waals surface area (Å²) in [5, 5.41) is 12.1. The highest BCUT2D eigenvalue weighted by molar-refractivity contribution is 5.63. The van der Waals surface area contributed by atoms with Gasteiger partial charge in [-0.25, -0.2) is 0 Å². The zero-order chi connectivity index (χ0) is 13.0. The molecule has 96 valence electrons. The Bertz CT molecular complexity index is 453. The van der Waals surface area contributed by atoms with Crippen LogP contribution in [0.15, 0.2) is 18.2 Å². The Morgan fingerprint density at radius 2 is 2.39 bits per heavy atom. The van der Waals surface area contributed by atoms with Crippen molar-refractivity contribution in [2.24, 2.45) is 0 Å². The lowest BCUT2D eigenvalue weighted by molar-refractivity contribution is 0.258. The standard InChI is InChI=1S/C14H19N3O/c1-16-7-3-4-12-10-18-14-6-5-11(9-15)8-13(14)17(12)2/h5-6,8,12,16H,3-4,7,10H2,1-2H3. The molecule has 0 amide bonds. The molecule has 1 aliphatic heterocycles. The van der Waals surface area contributed by atoms with Gasteiger partial charge in [-0.05, 0) is 44.6 Å². The fourth-order valence-electron chi connectivity index (χ4n) is 2.27. The highest BCUT2D eigenvalue weighted by atomic mass is 16.5. The van der Waals surface area contributed by atoms with Crippen molar-refractivity contribution in [1.82, 2.24) is 5.32 Å². The molecule has 0 saturated heterocycles. The summed E-state index contributed by atoms with van der Waals surface area (Å²) >= 11 is 0. The fraction of sp³-hybridized carbons (Fsp3) is 0.500. The first-order valence-corrected chi connectivity index (χ1v) is 6.30. The number of hydrogen-bond donors (Lipinski definition) is 1. The Balaban J connectivity index is 2.11. The zero-order valence-electron chi connectivity index (χ0n) is 10.9. The number of likely N-dealkylation sites (N-methyl/N-ethyl adjacent to an activating group) is 1. The van der Waals surface area contributed by atoms with E-state index in [-0.39, 0.29) is 0 Å². The van der Waals surface area contributed by atoms with Gasteiger partial charge in [-0.3, -0.25) is 0 Å². The number of hydrogen-bond acceptors (Lipinski definition) is 4. The van der Waals surface area contributed by atoms with Gasteiger partial charge in [-0.1, -0.05) is 0 Å². The van der Waals surface area contributed by atoms with E-state index in [2.05, 4.69) is 23.3 Å². The van der Waals surface area contributed by atoms with E-state index in [0.29, 0.717) is 11.6 Å². The van der Waals surface area contributed by atoms with E-state index in [1.165, 1.54) is 0 Å². The first-order valence-electron chi connectivity index (χ1n) is 6.30. The number of benzene rings is 1. The van der Waals surface area contributed by atoms with Gasteiger partial charge in [-0.2, -0.15) is 5.26 Å². The average molecular weight is 245 g/mol. The smallest absolute Gasteiger partial charge is 0.142 e. The van der Waals surface area contributed by atoms with E-state index < -0.39 is 0 Å². The maximum atomic E-state index is 8.95. The van der Waals surface area contributed by atoms with Crippen molar-refractivity contribution in [3.63, 3.8) is 0 Å². The van der Waals surface area contributed by atoms with Crippen LogP contribution < -0.4 is 15.0 Å². The number of anilines is 1. The highest BCUT2D eigenvalue weighted by Gasteiger charge is 2.24. The van der Waals surface area contributed by atoms with E-state index in [1.807, 2.05) is 19.2 Å². The molecule has 0 spiro atoms. The minimum atomic E-state index is 0.389. The van der Waals surface area contributed by atoms with Gasteiger partial charge in [0.2, 0.25) is 0 Å². The summed E-state index contributed by atoms with van der Waals surface area (Å²) in [4.78, 5) is 2.23. The van der Waals surface area contributed by atoms with Crippen LogP contribution in [0.4, 0.5) is 5.69 Å². The molecule has 0 bridgehead atoms. The molecule has 18 heavy (non-hydrogen) atoms. The van der Waals surface area contributed by atoms with Crippen LogP contribution in [0.2, 0.25) is 0 Å². The van der Waals surface area contributed by atoms with Crippen LogP contribution in [0.5, 0.6) is 5.75 Å². The number of ether oxygens (including phenoxy) is 1. The van der Waals surface area contributed by atoms with Crippen molar-refractivity contribution < 1.29 is 4.74 Å². The number of nitrogens with zero attached hydrogens (tertiary/aromatic N) is 2. The summed E-state index contributed by atoms with van der Waals surface area (Å²) in [6.07, 6.45) is 2.22. The highest BCUT2D eigenvalue weighted by Crippen LogP contribution is 2.34. The Morgan fingerprint density at radius 1 is 1.56 bits per heavy atom. The molecule has 0 radical (unpaired) electrons. The number of nitrogens with one attached hydrogen (secondary N) is 1. The zero-order valence-corrected chi connectivity index (χ0v) is 10.9. The van der Waals surface area contributed by atoms with Crippen LogP contribution in [0, 0.1) is 11.3 Å². The molecule has 0 aromatic heterocycles. The maximum Gasteiger partial charge on any atom is 0.142 e. The molecule has 1 aliphatic rings. The van der Waals surface area contributed by atoms with Gasteiger partial charge < -0.3 is 15.0 Å². The van der Waals surface area contributed by atoms with Crippen LogP contribution in [-0.2, 0) is 0 Å². The largest absolute Gasteiger partial charge is 0.489 e. The van der Waals surface area contributed by atoms with Crippen molar-refractivity contribution in [1.29, 1.82) is 5.26 Å². The van der Waals surface area contributed by atoms with Gasteiger partial charge in [0.15, 0.2) is 0 Å². The van der Waals surface area contributed by atoms with Gasteiger partial charge in [0, 0.05) is 7.05 Å². The van der Waals surface area contributed by atoms with Crippen LogP contribution in [0.1, 0.15) is 18.4 Å². The van der Waals surface area contributed by atoms with Gasteiger partial charge in [0.05, 0.1) is 23.4 Å². The second-order valence-corrected chi connectivity index (χ2v) is 4.62. The molecule has 1 N–H and O–H groups in total. The van der Waals surface area contributed by atoms with E-state index in [1.54, 1.807) is 6.07 Å². The second kappa shape index (κ2) is 5.74. The van der Waals surface area contributed by atoms with Crippen molar-refractivity contribution in [3.05, 3.63) is 23.8 Å². The number of nitriles is 1. The Labute approximate surface area is 108 Å². The number of fused-ring (bicyclic) bond motifs is 1. The Hall–Kier alpha value is -1.73. The summed E-state index contributed by atoms with van der Waals surface area (Å²) in [5.41, 5.74) is 1.70. The van der Waals surface area contributed by atoms with Gasteiger partial charge in [0.25, 0.3) is 0 Å². The summed E-state index contributed by atoms with van der Waals surface area (Å²) < 4.78 is 5.77. The minimum Gasteiger partial charge on any atom is -0.489 e. The Kier molecular flexibility index (Phi) is 4.06. The predicted molar refractivity (Wildman–Crippen MR) is 72.0 cm³/mol. The lowest BCUT2D eigenvalue weighted by atomic mass is 10.1. The molecule has 1 atom stereocenters. The third-order valence-corrected chi connectivity index (χ3v) is 3.41. The van der Waals surface area contributed by atoms with Gasteiger partial charge >= 0.3 is 0 Å². The van der Waals surface area contributed by atoms with Crippen LogP contribution in [-0.4, -0.2) is 33.3 Å². The molecule has 0 saturated carbocycles. The van der Waals surface area contributed by atoms with E-state index in [4.69, 9.17) is 10.00 Å². The normalized spacial score (nSPS) is 17.8. The quantitative estimate of drug-likeness (QED) is 0.821. The monoisotopic (exact) mass is 245 g/mol. The molecule has 1 heterocycles. The molecule has 1 aromatic rings. The maximum absolute atomic E-state index is 8.95. The fourth-order valence-corrected chi connectivity index (χ4v) is 2.27. The van der Waals surface area contributed by atoms with Crippen molar-refractivity contribution >= 4 is 5.69 Å². The van der Waals surface area contributed by atoms with Crippen molar-refractivity contribution in [2.45, 2.75) is 18.9 Å². The van der Waals surface area contributed by atoms with E-state index in [0.717, 1.165) is 37.4 Å². The first-order chi connectivity index (χ1) is 8.76. The summed E-state index contributed by atoms with van der Waals surface area (Å²) in [6.45, 7) is 1.74.